The van der Waals surface area contributed by atoms with Gasteiger partial charge in [0.15, 0.2) is 0 Å². The molecule has 2 amide bonds. The molecule has 6 nitrogen and oxygen atoms in total. The number of alkyl carbamates (subject to hydrolysis) is 1. The number of ether oxygens (including phenoxy) is 1. The smallest absolute Gasteiger partial charge is 0.407 e. The maximum atomic E-state index is 12.7. The van der Waals surface area contributed by atoms with E-state index in [-0.39, 0.29) is 23.9 Å². The third-order valence-corrected chi connectivity index (χ3v) is 4.39. The standard InChI is InChI=1S/C18H28N2O4/c1-12(15-7-6-10-23-15)20(5)16(21)13-8-9-14(11-13)19-17(22)24-18(2,3)4/h6-7,10,12-14H,8-9,11H2,1-5H3,(H,19,22)/t12-,13+,14+/m1/s1. The van der Waals surface area contributed by atoms with Crippen LogP contribution in [-0.4, -0.2) is 35.6 Å². The van der Waals surface area contributed by atoms with E-state index in [4.69, 9.17) is 9.15 Å². The predicted octanol–water partition coefficient (Wildman–Crippen LogP) is 3.49. The van der Waals surface area contributed by atoms with Crippen LogP contribution in [0.1, 0.15) is 58.8 Å². The zero-order valence-electron chi connectivity index (χ0n) is 15.2. The average molecular weight is 336 g/mol. The van der Waals surface area contributed by atoms with E-state index in [0.29, 0.717) is 6.42 Å². The predicted molar refractivity (Wildman–Crippen MR) is 90.4 cm³/mol. The topological polar surface area (TPSA) is 71.8 Å². The van der Waals surface area contributed by atoms with Gasteiger partial charge in [0.1, 0.15) is 11.4 Å². The summed E-state index contributed by atoms with van der Waals surface area (Å²) < 4.78 is 10.7. The van der Waals surface area contributed by atoms with Gasteiger partial charge in [-0.15, -0.1) is 0 Å². The molecule has 3 atom stereocenters. The van der Waals surface area contributed by atoms with E-state index in [9.17, 15) is 9.59 Å². The highest BCUT2D eigenvalue weighted by molar-refractivity contribution is 5.79. The molecule has 2 rings (SSSR count). The molecule has 0 aliphatic heterocycles. The Balaban J connectivity index is 1.86. The third kappa shape index (κ3) is 4.76. The van der Waals surface area contributed by atoms with Crippen molar-refractivity contribution in [2.75, 3.05) is 7.05 Å². The first-order chi connectivity index (χ1) is 11.2. The van der Waals surface area contributed by atoms with Gasteiger partial charge >= 0.3 is 6.09 Å². The van der Waals surface area contributed by atoms with Crippen LogP contribution < -0.4 is 5.32 Å². The Bertz CT molecular complexity index is 562. The molecule has 0 unspecified atom stereocenters. The largest absolute Gasteiger partial charge is 0.467 e. The van der Waals surface area contributed by atoms with Crippen molar-refractivity contribution >= 4 is 12.0 Å². The van der Waals surface area contributed by atoms with Crippen molar-refractivity contribution in [3.8, 4) is 0 Å². The van der Waals surface area contributed by atoms with E-state index in [1.54, 1.807) is 18.2 Å². The van der Waals surface area contributed by atoms with Crippen molar-refractivity contribution in [2.24, 2.45) is 5.92 Å². The molecule has 6 heteroatoms. The van der Waals surface area contributed by atoms with Crippen LogP contribution in [0.5, 0.6) is 0 Å². The molecule has 0 bridgehead atoms. The number of carbonyl (C=O) groups is 2. The molecule has 1 N–H and O–H groups in total. The lowest BCUT2D eigenvalue weighted by Gasteiger charge is -2.26. The Labute approximate surface area is 143 Å². The van der Waals surface area contributed by atoms with Crippen LogP contribution in [0.2, 0.25) is 0 Å². The minimum Gasteiger partial charge on any atom is -0.467 e. The summed E-state index contributed by atoms with van der Waals surface area (Å²) in [6.45, 7) is 7.44. The van der Waals surface area contributed by atoms with E-state index in [1.807, 2.05) is 39.8 Å². The molecular weight excluding hydrogens is 308 g/mol. The van der Waals surface area contributed by atoms with E-state index in [1.165, 1.54) is 0 Å². The molecule has 134 valence electrons. The average Bonchev–Trinajstić information content (AvgIpc) is 3.14. The van der Waals surface area contributed by atoms with Gasteiger partial charge in [0.25, 0.3) is 0 Å². The number of rotatable bonds is 4. The lowest BCUT2D eigenvalue weighted by molar-refractivity contribution is -0.136. The number of carbonyl (C=O) groups excluding carboxylic acids is 2. The molecule has 1 aliphatic rings. The summed E-state index contributed by atoms with van der Waals surface area (Å²) >= 11 is 0. The number of nitrogens with zero attached hydrogens (tertiary/aromatic N) is 1. The summed E-state index contributed by atoms with van der Waals surface area (Å²) in [6, 6.07) is 3.57. The number of hydrogen-bond donors (Lipinski definition) is 1. The van der Waals surface area contributed by atoms with Gasteiger partial charge in [0, 0.05) is 19.0 Å². The summed E-state index contributed by atoms with van der Waals surface area (Å²) in [4.78, 5) is 26.3. The Kier molecular flexibility index (Phi) is 5.57. The van der Waals surface area contributed by atoms with Crippen LogP contribution in [0.25, 0.3) is 0 Å². The Hall–Kier alpha value is -1.98. The first-order valence-corrected chi connectivity index (χ1v) is 8.47. The highest BCUT2D eigenvalue weighted by Gasteiger charge is 2.34. The first kappa shape index (κ1) is 18.4. The fourth-order valence-electron chi connectivity index (χ4n) is 3.01. The van der Waals surface area contributed by atoms with Crippen molar-refractivity contribution in [2.45, 2.75) is 64.6 Å². The molecule has 1 aromatic heterocycles. The lowest BCUT2D eigenvalue weighted by Crippen LogP contribution is -2.39. The fourth-order valence-corrected chi connectivity index (χ4v) is 3.01. The Morgan fingerprint density at radius 1 is 1.38 bits per heavy atom. The molecule has 1 aliphatic carbocycles. The molecule has 1 heterocycles. The minimum absolute atomic E-state index is 0.0129. The van der Waals surface area contributed by atoms with Crippen molar-refractivity contribution in [3.63, 3.8) is 0 Å². The van der Waals surface area contributed by atoms with E-state index < -0.39 is 11.7 Å². The minimum atomic E-state index is -0.517. The summed E-state index contributed by atoms with van der Waals surface area (Å²) in [5.74, 6) is 0.784. The molecule has 0 saturated heterocycles. The molecule has 1 fully saturated rings. The maximum absolute atomic E-state index is 12.7. The highest BCUT2D eigenvalue weighted by Crippen LogP contribution is 2.30. The van der Waals surface area contributed by atoms with Crippen LogP contribution in [0.15, 0.2) is 22.8 Å². The van der Waals surface area contributed by atoms with Gasteiger partial charge in [-0.3, -0.25) is 4.79 Å². The third-order valence-electron chi connectivity index (χ3n) is 4.39. The van der Waals surface area contributed by atoms with E-state index in [2.05, 4.69) is 5.32 Å². The second-order valence-electron chi connectivity index (χ2n) is 7.49. The summed E-state index contributed by atoms with van der Waals surface area (Å²) in [7, 11) is 1.80. The van der Waals surface area contributed by atoms with Crippen LogP contribution in [0, 0.1) is 5.92 Å². The second kappa shape index (κ2) is 7.28. The SMILES string of the molecule is C[C@H](c1ccco1)N(C)C(=O)[C@H]1CC[C@H](NC(=O)OC(C)(C)C)C1. The zero-order chi connectivity index (χ0) is 17.9. The van der Waals surface area contributed by atoms with E-state index >= 15 is 0 Å². The Morgan fingerprint density at radius 3 is 2.67 bits per heavy atom. The van der Waals surface area contributed by atoms with Gasteiger partial charge in [0.2, 0.25) is 5.91 Å². The van der Waals surface area contributed by atoms with Gasteiger partial charge in [-0.1, -0.05) is 0 Å². The molecule has 1 saturated carbocycles. The van der Waals surface area contributed by atoms with Gasteiger partial charge in [-0.25, -0.2) is 4.79 Å². The summed E-state index contributed by atoms with van der Waals surface area (Å²) in [5, 5.41) is 2.87. The first-order valence-electron chi connectivity index (χ1n) is 8.47. The molecule has 0 spiro atoms. The van der Waals surface area contributed by atoms with E-state index in [0.717, 1.165) is 18.6 Å². The molecule has 24 heavy (non-hydrogen) atoms. The highest BCUT2D eigenvalue weighted by atomic mass is 16.6. The van der Waals surface area contributed by atoms with Gasteiger partial charge in [0.05, 0.1) is 12.3 Å². The van der Waals surface area contributed by atoms with Crippen LogP contribution in [0.4, 0.5) is 4.79 Å². The van der Waals surface area contributed by atoms with Gasteiger partial charge < -0.3 is 19.4 Å². The lowest BCUT2D eigenvalue weighted by atomic mass is 10.0. The van der Waals surface area contributed by atoms with Crippen molar-refractivity contribution < 1.29 is 18.7 Å². The second-order valence-corrected chi connectivity index (χ2v) is 7.49. The van der Waals surface area contributed by atoms with Crippen LogP contribution in [0.3, 0.4) is 0 Å². The number of furan rings is 1. The molecule has 0 aromatic carbocycles. The number of nitrogens with one attached hydrogen (secondary N) is 1. The number of hydrogen-bond acceptors (Lipinski definition) is 4. The van der Waals surface area contributed by atoms with Crippen molar-refractivity contribution in [1.82, 2.24) is 10.2 Å². The number of amides is 2. The summed E-state index contributed by atoms with van der Waals surface area (Å²) in [5.41, 5.74) is -0.517. The fraction of sp³-hybridized carbons (Fsp3) is 0.667. The van der Waals surface area contributed by atoms with Gasteiger partial charge in [-0.05, 0) is 59.1 Å². The monoisotopic (exact) mass is 336 g/mol. The maximum Gasteiger partial charge on any atom is 0.407 e. The van der Waals surface area contributed by atoms with Gasteiger partial charge in [-0.2, -0.15) is 0 Å². The zero-order valence-corrected chi connectivity index (χ0v) is 15.2. The van der Waals surface area contributed by atoms with Crippen LogP contribution >= 0.6 is 0 Å². The molecule has 0 radical (unpaired) electrons. The summed E-state index contributed by atoms with van der Waals surface area (Å²) in [6.07, 6.45) is 3.40. The van der Waals surface area contributed by atoms with Crippen molar-refractivity contribution in [1.29, 1.82) is 0 Å². The van der Waals surface area contributed by atoms with Crippen molar-refractivity contribution in [3.05, 3.63) is 24.2 Å². The molecular formula is C18H28N2O4. The van der Waals surface area contributed by atoms with Crippen LogP contribution in [-0.2, 0) is 9.53 Å². The quantitative estimate of drug-likeness (QED) is 0.913. The Morgan fingerprint density at radius 2 is 2.08 bits per heavy atom. The molecule has 1 aromatic rings. The normalized spacial score (nSPS) is 22.0.